The van der Waals surface area contributed by atoms with Crippen LogP contribution in [-0.2, 0) is 35.4 Å². The zero-order valence-electron chi connectivity index (χ0n) is 16.4. The molecule has 13 heteroatoms. The lowest BCUT2D eigenvalue weighted by Crippen LogP contribution is -2.25. The summed E-state index contributed by atoms with van der Waals surface area (Å²) >= 11 is 0. The minimum atomic E-state index is -6.22. The first-order valence-electron chi connectivity index (χ1n) is 8.78. The molecule has 1 atom stereocenters. The molecule has 1 unspecified atom stereocenters. The Bertz CT molecular complexity index is 1060. The van der Waals surface area contributed by atoms with Crippen LogP contribution in [0.25, 0.3) is 4.13 Å². The van der Waals surface area contributed by atoms with Gasteiger partial charge in [-0.2, -0.15) is 13.2 Å². The maximum Gasteiger partial charge on any atom is 0.480 e. The van der Waals surface area contributed by atoms with Crippen molar-refractivity contribution in [1.82, 2.24) is 0 Å². The van der Waals surface area contributed by atoms with Crippen LogP contribution in [0.1, 0.15) is 13.8 Å². The molecule has 7 nitrogen and oxygen atoms in total. The van der Waals surface area contributed by atoms with Crippen molar-refractivity contribution in [3.05, 3.63) is 58.7 Å². The first-order valence-corrected chi connectivity index (χ1v) is 12.9. The molecule has 0 amide bonds. The Balaban J connectivity index is 1.93. The quantitative estimate of drug-likeness (QED) is 0.362. The number of sulfonamides is 1. The summed E-state index contributed by atoms with van der Waals surface area (Å²) in [5.74, 6) is 0.380. The van der Waals surface area contributed by atoms with Crippen LogP contribution in [0.15, 0.2) is 64.4 Å². The van der Waals surface area contributed by atoms with E-state index in [0.29, 0.717) is 11.0 Å². The van der Waals surface area contributed by atoms with Crippen LogP contribution in [-0.4, -0.2) is 40.8 Å². The number of benzene rings is 2. The summed E-state index contributed by atoms with van der Waals surface area (Å²) in [6, 6.07) is 17.1. The number of rotatable bonds is 10. The van der Waals surface area contributed by atoms with Gasteiger partial charge in [-0.25, -0.2) is 16.8 Å². The first kappa shape index (κ1) is 25.5. The molecule has 0 radical (unpaired) electrons. The molecular formula is C18H20F3NO6S3. The molecule has 2 aromatic rings. The highest BCUT2D eigenvalue weighted by atomic mass is 32.3. The SMILES string of the molecule is CC(C)[S+](c1ccccc1)c1ccc(OCCOS(=O)(=O)[N-]S(=O)(=O)C(F)(F)F)cc1. The standard InChI is InChI=1S/C18H20F3NO6S3/c1-14(2)29(16-6-4-3-5-7-16)17-10-8-15(9-11-17)27-12-13-28-31(25,26)22-30(23,24)18(19,20)21/h3-11,14H,12-13H2,1-2H3. The van der Waals surface area contributed by atoms with E-state index in [1.54, 1.807) is 16.3 Å². The molecule has 0 spiro atoms. The molecule has 0 N–H and O–H groups in total. The van der Waals surface area contributed by atoms with Crippen molar-refractivity contribution < 1.29 is 38.9 Å². The van der Waals surface area contributed by atoms with Gasteiger partial charge in [0.25, 0.3) is 0 Å². The summed E-state index contributed by atoms with van der Waals surface area (Å²) in [6.45, 7) is 3.15. The van der Waals surface area contributed by atoms with E-state index in [4.69, 9.17) is 4.74 Å². The predicted octanol–water partition coefficient (Wildman–Crippen LogP) is 3.99. The summed E-state index contributed by atoms with van der Waals surface area (Å²) < 4.78 is 92.0. The molecule has 0 aliphatic carbocycles. The average Bonchev–Trinajstić information content (AvgIpc) is 2.65. The third-order valence-electron chi connectivity index (χ3n) is 3.61. The number of hydrogen-bond donors (Lipinski definition) is 0. The summed E-state index contributed by atoms with van der Waals surface area (Å²) in [4.78, 5) is 2.26. The lowest BCUT2D eigenvalue weighted by Gasteiger charge is -2.21. The van der Waals surface area contributed by atoms with Crippen LogP contribution in [0.3, 0.4) is 0 Å². The van der Waals surface area contributed by atoms with E-state index in [0.717, 1.165) is 4.90 Å². The van der Waals surface area contributed by atoms with Gasteiger partial charge in [-0.3, -0.25) is 4.18 Å². The summed E-state index contributed by atoms with van der Waals surface area (Å²) in [6.07, 6.45) is 0. The molecule has 0 aliphatic rings. The smallest absolute Gasteiger partial charge is 0.480 e. The van der Waals surface area contributed by atoms with E-state index in [2.05, 4.69) is 30.2 Å². The molecule has 172 valence electrons. The first-order chi connectivity index (χ1) is 14.3. The molecule has 0 fully saturated rings. The van der Waals surface area contributed by atoms with Crippen molar-refractivity contribution in [2.75, 3.05) is 13.2 Å². The van der Waals surface area contributed by atoms with Gasteiger partial charge in [0, 0.05) is 0 Å². The largest absolute Gasteiger partial charge is 0.491 e. The molecule has 0 saturated heterocycles. The highest BCUT2D eigenvalue weighted by Gasteiger charge is 2.40. The Kier molecular flexibility index (Phi) is 8.39. The molecule has 0 heterocycles. The molecule has 31 heavy (non-hydrogen) atoms. The second-order valence-electron chi connectivity index (χ2n) is 6.26. The van der Waals surface area contributed by atoms with Crippen molar-refractivity contribution in [2.45, 2.75) is 34.4 Å². The van der Waals surface area contributed by atoms with Crippen molar-refractivity contribution in [3.63, 3.8) is 0 Å². The van der Waals surface area contributed by atoms with Gasteiger partial charge < -0.3 is 8.86 Å². The molecule has 2 rings (SSSR count). The number of nitrogens with zero attached hydrogens (tertiary/aromatic N) is 1. The topological polar surface area (TPSA) is 101 Å². The summed E-state index contributed by atoms with van der Waals surface area (Å²) in [5.41, 5.74) is -5.84. The second-order valence-corrected chi connectivity index (χ2v) is 11.9. The van der Waals surface area contributed by atoms with E-state index in [-0.39, 0.29) is 17.5 Å². The number of hydrogen-bond acceptors (Lipinski definition) is 6. The third-order valence-corrected chi connectivity index (χ3v) is 8.68. The van der Waals surface area contributed by atoms with Crippen LogP contribution >= 0.6 is 0 Å². The molecule has 0 bridgehead atoms. The average molecular weight is 500 g/mol. The fraction of sp³-hybridized carbons (Fsp3) is 0.333. The Hall–Kier alpha value is -1.80. The lowest BCUT2D eigenvalue weighted by molar-refractivity contribution is -0.0425. The van der Waals surface area contributed by atoms with Gasteiger partial charge >= 0.3 is 5.51 Å². The van der Waals surface area contributed by atoms with Gasteiger partial charge in [-0.1, -0.05) is 18.2 Å². The van der Waals surface area contributed by atoms with Gasteiger partial charge in [0.2, 0.25) is 10.3 Å². The van der Waals surface area contributed by atoms with Crippen molar-refractivity contribution in [1.29, 1.82) is 0 Å². The molecule has 0 saturated carbocycles. The van der Waals surface area contributed by atoms with E-state index in [1.165, 1.54) is 4.90 Å². The third kappa shape index (κ3) is 7.38. The summed E-state index contributed by atoms with van der Waals surface area (Å²) in [5, 5.41) is 0.351. The molecule has 2 aromatic carbocycles. The van der Waals surface area contributed by atoms with E-state index in [9.17, 15) is 30.0 Å². The molecule has 0 aliphatic heterocycles. The minimum Gasteiger partial charge on any atom is -0.491 e. The maximum absolute atomic E-state index is 12.2. The fourth-order valence-electron chi connectivity index (χ4n) is 2.41. The predicted molar refractivity (Wildman–Crippen MR) is 111 cm³/mol. The maximum atomic E-state index is 12.2. The number of ether oxygens (including phenoxy) is 1. The Labute approximate surface area is 182 Å². The van der Waals surface area contributed by atoms with E-state index >= 15 is 0 Å². The Morgan fingerprint density at radius 1 is 0.903 bits per heavy atom. The van der Waals surface area contributed by atoms with Crippen molar-refractivity contribution in [2.24, 2.45) is 0 Å². The van der Waals surface area contributed by atoms with Gasteiger partial charge in [0.1, 0.15) is 17.6 Å². The van der Waals surface area contributed by atoms with Gasteiger partial charge in [0.05, 0.1) is 17.5 Å². The van der Waals surface area contributed by atoms with Gasteiger partial charge in [-0.15, -0.1) is 0 Å². The molecular weight excluding hydrogens is 479 g/mol. The van der Waals surface area contributed by atoms with Crippen LogP contribution in [0.2, 0.25) is 0 Å². The fourth-order valence-corrected chi connectivity index (χ4v) is 6.40. The van der Waals surface area contributed by atoms with Crippen LogP contribution in [0.5, 0.6) is 5.75 Å². The second kappa shape index (κ2) is 10.2. The van der Waals surface area contributed by atoms with E-state index < -0.39 is 32.4 Å². The zero-order chi connectivity index (χ0) is 23.3. The van der Waals surface area contributed by atoms with Crippen LogP contribution in [0, 0.1) is 0 Å². The lowest BCUT2D eigenvalue weighted by atomic mass is 10.3. The van der Waals surface area contributed by atoms with Crippen molar-refractivity contribution in [3.8, 4) is 5.75 Å². The zero-order valence-corrected chi connectivity index (χ0v) is 18.9. The van der Waals surface area contributed by atoms with Gasteiger partial charge in [-0.05, 0) is 50.2 Å². The van der Waals surface area contributed by atoms with Gasteiger partial charge in [0.15, 0.2) is 19.8 Å². The molecule has 0 aromatic heterocycles. The monoisotopic (exact) mass is 499 g/mol. The normalized spacial score (nSPS) is 13.9. The minimum absolute atomic E-state index is 0.168. The van der Waals surface area contributed by atoms with Crippen LogP contribution in [0.4, 0.5) is 13.2 Å². The Morgan fingerprint density at radius 2 is 1.45 bits per heavy atom. The highest BCUT2D eigenvalue weighted by Crippen LogP contribution is 2.31. The number of halogens is 3. The van der Waals surface area contributed by atoms with Crippen molar-refractivity contribution >= 4 is 31.2 Å². The Morgan fingerprint density at radius 3 is 1.97 bits per heavy atom. The number of alkyl halides is 3. The summed E-state index contributed by atoms with van der Waals surface area (Å²) in [7, 11) is -11.7. The van der Waals surface area contributed by atoms with E-state index in [1.807, 2.05) is 30.3 Å². The van der Waals surface area contributed by atoms with Crippen LogP contribution < -0.4 is 4.74 Å². The highest BCUT2D eigenvalue weighted by molar-refractivity contribution is 8.10.